The SMILES string of the molecule is CCCCCCCCCC[n+]1cccc2c3ccccc3ccc21.[I-]. The molecule has 3 aromatic rings. The minimum absolute atomic E-state index is 0. The smallest absolute Gasteiger partial charge is 0.213 e. The summed E-state index contributed by atoms with van der Waals surface area (Å²) in [5, 5.41) is 4.06. The molecule has 3 rings (SSSR count). The molecule has 0 amide bonds. The van der Waals surface area contributed by atoms with Gasteiger partial charge in [-0.05, 0) is 29.3 Å². The normalized spacial score (nSPS) is 10.9. The first-order valence-corrected chi connectivity index (χ1v) is 9.70. The Morgan fingerprint density at radius 3 is 2.16 bits per heavy atom. The molecule has 0 fully saturated rings. The van der Waals surface area contributed by atoms with E-state index in [1.807, 2.05) is 0 Å². The Balaban J connectivity index is 0.00000225. The van der Waals surface area contributed by atoms with E-state index in [-0.39, 0.29) is 24.0 Å². The number of fused-ring (bicyclic) bond motifs is 3. The predicted octanol–water partition coefficient (Wildman–Crippen LogP) is 3.43. The van der Waals surface area contributed by atoms with E-state index in [4.69, 9.17) is 0 Å². The summed E-state index contributed by atoms with van der Waals surface area (Å²) in [6.07, 6.45) is 13.2. The molecular formula is C23H30IN. The van der Waals surface area contributed by atoms with Crippen LogP contribution in [0.3, 0.4) is 0 Å². The van der Waals surface area contributed by atoms with Gasteiger partial charge in [0.1, 0.15) is 6.54 Å². The Morgan fingerprint density at radius 1 is 0.680 bits per heavy atom. The van der Waals surface area contributed by atoms with Crippen LogP contribution in [0.15, 0.2) is 54.7 Å². The van der Waals surface area contributed by atoms with E-state index in [2.05, 4.69) is 66.2 Å². The van der Waals surface area contributed by atoms with Gasteiger partial charge in [-0.3, -0.25) is 0 Å². The van der Waals surface area contributed by atoms with Gasteiger partial charge in [-0.1, -0.05) is 69.7 Å². The molecule has 0 aliphatic carbocycles. The Bertz CT molecular complexity index is 781. The third-order valence-electron chi connectivity index (χ3n) is 5.04. The highest BCUT2D eigenvalue weighted by atomic mass is 127. The van der Waals surface area contributed by atoms with Crippen molar-refractivity contribution in [1.82, 2.24) is 0 Å². The first kappa shape index (κ1) is 20.2. The van der Waals surface area contributed by atoms with Gasteiger partial charge in [0.05, 0.1) is 5.39 Å². The van der Waals surface area contributed by atoms with Crippen molar-refractivity contribution in [3.8, 4) is 0 Å². The number of benzene rings is 2. The number of rotatable bonds is 9. The first-order chi connectivity index (χ1) is 11.9. The second kappa shape index (κ2) is 10.7. The Kier molecular flexibility index (Phi) is 8.66. The average molecular weight is 447 g/mol. The van der Waals surface area contributed by atoms with Crippen LogP contribution in [-0.2, 0) is 6.54 Å². The van der Waals surface area contributed by atoms with E-state index in [0.717, 1.165) is 6.54 Å². The van der Waals surface area contributed by atoms with Crippen molar-refractivity contribution in [2.24, 2.45) is 0 Å². The van der Waals surface area contributed by atoms with Crippen LogP contribution in [-0.4, -0.2) is 0 Å². The van der Waals surface area contributed by atoms with Gasteiger partial charge in [0, 0.05) is 18.6 Å². The van der Waals surface area contributed by atoms with Gasteiger partial charge in [0.15, 0.2) is 6.20 Å². The monoisotopic (exact) mass is 447 g/mol. The van der Waals surface area contributed by atoms with Crippen molar-refractivity contribution in [3.05, 3.63) is 54.7 Å². The zero-order valence-electron chi connectivity index (χ0n) is 15.4. The molecule has 2 heteroatoms. The third-order valence-corrected chi connectivity index (χ3v) is 5.04. The van der Waals surface area contributed by atoms with Crippen LogP contribution in [0.5, 0.6) is 0 Å². The molecule has 0 saturated carbocycles. The molecule has 0 spiro atoms. The summed E-state index contributed by atoms with van der Waals surface area (Å²) in [7, 11) is 0. The molecule has 25 heavy (non-hydrogen) atoms. The van der Waals surface area contributed by atoms with Crippen molar-refractivity contribution in [2.45, 2.75) is 64.8 Å². The molecule has 0 unspecified atom stereocenters. The van der Waals surface area contributed by atoms with Crippen molar-refractivity contribution in [3.63, 3.8) is 0 Å². The fraction of sp³-hybridized carbons (Fsp3) is 0.435. The van der Waals surface area contributed by atoms with Gasteiger partial charge in [-0.15, -0.1) is 0 Å². The van der Waals surface area contributed by atoms with Crippen LogP contribution in [0.4, 0.5) is 0 Å². The van der Waals surface area contributed by atoms with Crippen molar-refractivity contribution < 1.29 is 28.5 Å². The number of pyridine rings is 1. The van der Waals surface area contributed by atoms with Gasteiger partial charge in [-0.2, -0.15) is 4.57 Å². The fourth-order valence-electron chi connectivity index (χ4n) is 3.64. The van der Waals surface area contributed by atoms with Crippen LogP contribution in [0.25, 0.3) is 21.7 Å². The van der Waals surface area contributed by atoms with Crippen molar-refractivity contribution in [2.75, 3.05) is 0 Å². The van der Waals surface area contributed by atoms with Crippen molar-refractivity contribution >= 4 is 21.7 Å². The number of halogens is 1. The maximum absolute atomic E-state index is 2.43. The van der Waals surface area contributed by atoms with E-state index in [9.17, 15) is 0 Å². The van der Waals surface area contributed by atoms with Crippen LogP contribution >= 0.6 is 0 Å². The van der Waals surface area contributed by atoms with Gasteiger partial charge in [0.2, 0.25) is 5.52 Å². The molecular weight excluding hydrogens is 417 g/mol. The van der Waals surface area contributed by atoms with Crippen LogP contribution < -0.4 is 28.5 Å². The molecule has 0 radical (unpaired) electrons. The Hall–Kier alpha value is -1.16. The molecule has 134 valence electrons. The Morgan fingerprint density at radius 2 is 1.36 bits per heavy atom. The molecule has 1 heterocycles. The number of aryl methyl sites for hydroxylation is 1. The van der Waals surface area contributed by atoms with Gasteiger partial charge in [-0.25, -0.2) is 0 Å². The minimum Gasteiger partial charge on any atom is -1.00 e. The topological polar surface area (TPSA) is 3.88 Å². The lowest BCUT2D eigenvalue weighted by atomic mass is 10.0. The molecule has 1 aromatic heterocycles. The van der Waals surface area contributed by atoms with E-state index >= 15 is 0 Å². The molecule has 0 aliphatic heterocycles. The second-order valence-corrected chi connectivity index (χ2v) is 6.90. The zero-order valence-corrected chi connectivity index (χ0v) is 17.5. The number of nitrogens with zero attached hydrogens (tertiary/aromatic N) is 1. The highest BCUT2D eigenvalue weighted by Crippen LogP contribution is 2.22. The zero-order chi connectivity index (χ0) is 16.6. The maximum Gasteiger partial charge on any atom is 0.213 e. The quantitative estimate of drug-likeness (QED) is 0.205. The summed E-state index contributed by atoms with van der Waals surface area (Å²) >= 11 is 0. The molecule has 0 saturated heterocycles. The standard InChI is InChI=1S/C23H30N.HI/c1-2-3-4-5-6-7-8-11-18-24-19-12-15-22-21-14-10-9-13-20(21)16-17-23(22)24;/h9-10,12-17,19H,2-8,11,18H2,1H3;1H/q+1;/p-1. The largest absolute Gasteiger partial charge is 1.00 e. The predicted molar refractivity (Wildman–Crippen MR) is 104 cm³/mol. The second-order valence-electron chi connectivity index (χ2n) is 6.90. The lowest BCUT2D eigenvalue weighted by molar-refractivity contribution is -0.671. The molecule has 0 aliphatic rings. The lowest BCUT2D eigenvalue weighted by Gasteiger charge is -2.05. The number of hydrogen-bond acceptors (Lipinski definition) is 0. The lowest BCUT2D eigenvalue weighted by Crippen LogP contribution is -3.00. The highest BCUT2D eigenvalue weighted by Gasteiger charge is 2.10. The highest BCUT2D eigenvalue weighted by molar-refractivity contribution is 6.04. The molecule has 2 aromatic carbocycles. The van der Waals surface area contributed by atoms with E-state index in [1.165, 1.54) is 73.0 Å². The van der Waals surface area contributed by atoms with Gasteiger partial charge < -0.3 is 24.0 Å². The van der Waals surface area contributed by atoms with Gasteiger partial charge in [0.25, 0.3) is 0 Å². The van der Waals surface area contributed by atoms with E-state index < -0.39 is 0 Å². The van der Waals surface area contributed by atoms with E-state index in [0.29, 0.717) is 0 Å². The van der Waals surface area contributed by atoms with Gasteiger partial charge >= 0.3 is 0 Å². The minimum atomic E-state index is 0. The van der Waals surface area contributed by atoms with E-state index in [1.54, 1.807) is 0 Å². The molecule has 0 atom stereocenters. The van der Waals surface area contributed by atoms with Crippen LogP contribution in [0, 0.1) is 0 Å². The molecule has 1 nitrogen and oxygen atoms in total. The average Bonchev–Trinajstić information content (AvgIpc) is 2.64. The number of aromatic nitrogens is 1. The molecule has 0 bridgehead atoms. The first-order valence-electron chi connectivity index (χ1n) is 9.70. The summed E-state index contributed by atoms with van der Waals surface area (Å²) in [5.74, 6) is 0. The fourth-order valence-corrected chi connectivity index (χ4v) is 3.64. The molecule has 0 N–H and O–H groups in total. The maximum atomic E-state index is 2.43. The summed E-state index contributed by atoms with van der Waals surface area (Å²) in [6, 6.07) is 17.7. The number of unbranched alkanes of at least 4 members (excludes halogenated alkanes) is 7. The number of hydrogen-bond donors (Lipinski definition) is 0. The summed E-state index contributed by atoms with van der Waals surface area (Å²) < 4.78 is 2.43. The Labute approximate surface area is 169 Å². The third kappa shape index (κ3) is 5.40. The summed E-state index contributed by atoms with van der Waals surface area (Å²) in [5.41, 5.74) is 1.36. The van der Waals surface area contributed by atoms with Crippen LogP contribution in [0.1, 0.15) is 58.3 Å². The summed E-state index contributed by atoms with van der Waals surface area (Å²) in [6.45, 7) is 3.41. The van der Waals surface area contributed by atoms with Crippen LogP contribution in [0.2, 0.25) is 0 Å². The van der Waals surface area contributed by atoms with Crippen molar-refractivity contribution in [1.29, 1.82) is 0 Å². The summed E-state index contributed by atoms with van der Waals surface area (Å²) in [4.78, 5) is 0.